The minimum absolute atomic E-state index is 0.842. The van der Waals surface area contributed by atoms with Crippen molar-refractivity contribution in [1.82, 2.24) is 4.90 Å². The number of hydrogen-bond acceptors (Lipinski definition) is 1. The van der Waals surface area contributed by atoms with Crippen LogP contribution in [0.3, 0.4) is 0 Å². The zero-order valence-corrected chi connectivity index (χ0v) is 23.9. The van der Waals surface area contributed by atoms with Crippen molar-refractivity contribution in [1.29, 1.82) is 0 Å². The van der Waals surface area contributed by atoms with Crippen molar-refractivity contribution >= 4 is 0 Å². The molecule has 0 amide bonds. The van der Waals surface area contributed by atoms with E-state index in [4.69, 9.17) is 0 Å². The van der Waals surface area contributed by atoms with E-state index in [0.29, 0.717) is 0 Å². The smallest absolute Gasteiger partial charge is 0.00922 e. The molecule has 3 atom stereocenters. The van der Waals surface area contributed by atoms with Crippen LogP contribution in [-0.2, 0) is 0 Å². The Kier molecular flexibility index (Phi) is 21.1. The average Bonchev–Trinajstić information content (AvgIpc) is 3.56. The van der Waals surface area contributed by atoms with Crippen LogP contribution in [0.1, 0.15) is 175 Å². The van der Waals surface area contributed by atoms with Crippen LogP contribution in [0, 0.1) is 11.8 Å². The maximum Gasteiger partial charge on any atom is 0.00922 e. The highest BCUT2D eigenvalue weighted by Gasteiger charge is 2.34. The lowest BCUT2D eigenvalue weighted by Gasteiger charge is -2.28. The number of hydrogen-bond donors (Lipinski definition) is 0. The summed E-state index contributed by atoms with van der Waals surface area (Å²) in [5.74, 6) is 2.24. The molecule has 0 spiro atoms. The number of rotatable bonds is 26. The first-order chi connectivity index (χ1) is 16.2. The van der Waals surface area contributed by atoms with Crippen LogP contribution in [0.5, 0.6) is 0 Å². The zero-order chi connectivity index (χ0) is 24.0. The van der Waals surface area contributed by atoms with E-state index in [2.05, 4.69) is 32.7 Å². The van der Waals surface area contributed by atoms with Gasteiger partial charge in [-0.2, -0.15) is 0 Å². The van der Waals surface area contributed by atoms with E-state index in [0.717, 1.165) is 17.9 Å². The molecule has 1 aliphatic carbocycles. The second kappa shape index (κ2) is 22.4. The summed E-state index contributed by atoms with van der Waals surface area (Å²) >= 11 is 0. The van der Waals surface area contributed by atoms with Gasteiger partial charge in [0.15, 0.2) is 0 Å². The van der Waals surface area contributed by atoms with Crippen molar-refractivity contribution in [2.24, 2.45) is 11.8 Å². The van der Waals surface area contributed by atoms with Crippen molar-refractivity contribution in [3.8, 4) is 0 Å². The first-order valence-corrected chi connectivity index (χ1v) is 15.9. The molecule has 0 aromatic carbocycles. The fraction of sp³-hybridized carbons (Fsp3) is 1.00. The highest BCUT2D eigenvalue weighted by atomic mass is 15.1. The third-order valence-corrected chi connectivity index (χ3v) is 8.45. The molecule has 1 nitrogen and oxygen atoms in total. The summed E-state index contributed by atoms with van der Waals surface area (Å²) in [6, 6.07) is 0.842. The second-order valence-corrected chi connectivity index (χ2v) is 11.7. The Hall–Kier alpha value is -0.0400. The van der Waals surface area contributed by atoms with E-state index in [1.807, 2.05) is 0 Å². The van der Waals surface area contributed by atoms with Gasteiger partial charge < -0.3 is 4.90 Å². The Labute approximate surface area is 211 Å². The highest BCUT2D eigenvalue weighted by Crippen LogP contribution is 2.45. The monoisotopic (exact) mass is 464 g/mol. The molecule has 1 saturated carbocycles. The molecule has 3 unspecified atom stereocenters. The lowest BCUT2D eigenvalue weighted by molar-refractivity contribution is 0.210. The van der Waals surface area contributed by atoms with Crippen LogP contribution in [-0.4, -0.2) is 24.5 Å². The standard InChI is InChI=1S/C32H65N/c1-5-8-10-12-14-18-22-26-32(33(4)28-7-3)27-23-19-15-17-21-25-31-29-30(31)24-20-16-13-11-9-6-2/h30-32H,5-29H2,1-4H3. The molecule has 0 aromatic heterocycles. The van der Waals surface area contributed by atoms with Gasteiger partial charge >= 0.3 is 0 Å². The Balaban J connectivity index is 1.97. The fourth-order valence-corrected chi connectivity index (χ4v) is 5.98. The molecule has 1 rings (SSSR count). The van der Waals surface area contributed by atoms with E-state index < -0.39 is 0 Å². The lowest BCUT2D eigenvalue weighted by Crippen LogP contribution is -2.32. The number of nitrogens with zero attached hydrogens (tertiary/aromatic N) is 1. The van der Waals surface area contributed by atoms with Gasteiger partial charge in [-0.15, -0.1) is 0 Å². The van der Waals surface area contributed by atoms with Crippen molar-refractivity contribution in [2.45, 2.75) is 181 Å². The van der Waals surface area contributed by atoms with Gasteiger partial charge in [0, 0.05) is 6.04 Å². The van der Waals surface area contributed by atoms with Gasteiger partial charge in [-0.05, 0) is 51.1 Å². The predicted octanol–water partition coefficient (Wildman–Crippen LogP) is 11.0. The molecule has 33 heavy (non-hydrogen) atoms. The lowest BCUT2D eigenvalue weighted by atomic mass is 9.98. The van der Waals surface area contributed by atoms with Crippen LogP contribution < -0.4 is 0 Å². The summed E-state index contributed by atoms with van der Waals surface area (Å²) in [6.45, 7) is 8.24. The van der Waals surface area contributed by atoms with Gasteiger partial charge in [0.2, 0.25) is 0 Å². The summed E-state index contributed by atoms with van der Waals surface area (Å²) < 4.78 is 0. The van der Waals surface area contributed by atoms with Gasteiger partial charge in [0.05, 0.1) is 0 Å². The van der Waals surface area contributed by atoms with E-state index in [9.17, 15) is 0 Å². The minimum Gasteiger partial charge on any atom is -0.303 e. The third-order valence-electron chi connectivity index (χ3n) is 8.45. The fourth-order valence-electron chi connectivity index (χ4n) is 5.98. The van der Waals surface area contributed by atoms with Crippen molar-refractivity contribution in [3.05, 3.63) is 0 Å². The molecular weight excluding hydrogens is 398 g/mol. The molecule has 0 bridgehead atoms. The van der Waals surface area contributed by atoms with Crippen molar-refractivity contribution < 1.29 is 0 Å². The largest absolute Gasteiger partial charge is 0.303 e. The molecule has 0 N–H and O–H groups in total. The topological polar surface area (TPSA) is 3.24 Å². The molecule has 0 aliphatic heterocycles. The van der Waals surface area contributed by atoms with Crippen molar-refractivity contribution in [2.75, 3.05) is 13.6 Å². The van der Waals surface area contributed by atoms with E-state index >= 15 is 0 Å². The van der Waals surface area contributed by atoms with Gasteiger partial charge in [0.1, 0.15) is 0 Å². The summed E-state index contributed by atoms with van der Waals surface area (Å²) in [4.78, 5) is 2.67. The molecule has 1 fully saturated rings. The molecular formula is C32H65N. The van der Waals surface area contributed by atoms with E-state index in [1.165, 1.54) is 141 Å². The molecule has 0 heterocycles. The Morgan fingerprint density at radius 1 is 0.515 bits per heavy atom. The predicted molar refractivity (Wildman–Crippen MR) is 151 cm³/mol. The Morgan fingerprint density at radius 3 is 1.33 bits per heavy atom. The molecule has 1 aliphatic rings. The summed E-state index contributed by atoms with van der Waals surface area (Å²) in [7, 11) is 2.38. The molecule has 0 aromatic rings. The molecule has 0 radical (unpaired) electrons. The minimum atomic E-state index is 0.842. The quantitative estimate of drug-likeness (QED) is 0.115. The Bertz CT molecular complexity index is 392. The van der Waals surface area contributed by atoms with Gasteiger partial charge in [-0.25, -0.2) is 0 Å². The summed E-state index contributed by atoms with van der Waals surface area (Å²) in [6.07, 6.45) is 35.1. The van der Waals surface area contributed by atoms with Gasteiger partial charge in [0.25, 0.3) is 0 Å². The van der Waals surface area contributed by atoms with E-state index in [-0.39, 0.29) is 0 Å². The summed E-state index contributed by atoms with van der Waals surface area (Å²) in [5, 5.41) is 0. The maximum absolute atomic E-state index is 2.67. The highest BCUT2D eigenvalue weighted by molar-refractivity contribution is 4.85. The first-order valence-electron chi connectivity index (χ1n) is 15.9. The molecule has 1 heteroatoms. The zero-order valence-electron chi connectivity index (χ0n) is 23.9. The molecule has 0 saturated heterocycles. The molecule has 198 valence electrons. The van der Waals surface area contributed by atoms with Gasteiger partial charge in [-0.1, -0.05) is 149 Å². The van der Waals surface area contributed by atoms with Crippen LogP contribution >= 0.6 is 0 Å². The first kappa shape index (κ1) is 31.0. The van der Waals surface area contributed by atoms with E-state index in [1.54, 1.807) is 19.3 Å². The normalized spacial score (nSPS) is 18.8. The van der Waals surface area contributed by atoms with Crippen LogP contribution in [0.2, 0.25) is 0 Å². The summed E-state index contributed by atoms with van der Waals surface area (Å²) in [5.41, 5.74) is 0. The van der Waals surface area contributed by atoms with Crippen molar-refractivity contribution in [3.63, 3.8) is 0 Å². The third kappa shape index (κ3) is 18.0. The number of unbranched alkanes of at least 4 members (excludes halogenated alkanes) is 15. The van der Waals surface area contributed by atoms with Gasteiger partial charge in [-0.3, -0.25) is 0 Å². The van der Waals surface area contributed by atoms with Crippen LogP contribution in [0.4, 0.5) is 0 Å². The SMILES string of the molecule is CCCCCCCCCC(CCCCCCCC1CC1CCCCCCCC)N(C)CCC. The Morgan fingerprint density at radius 2 is 0.909 bits per heavy atom. The second-order valence-electron chi connectivity index (χ2n) is 11.7. The average molecular weight is 464 g/mol. The maximum atomic E-state index is 2.67. The van der Waals surface area contributed by atoms with Crippen LogP contribution in [0.15, 0.2) is 0 Å². The van der Waals surface area contributed by atoms with Crippen LogP contribution in [0.25, 0.3) is 0 Å².